The first-order valence-electron chi connectivity index (χ1n) is 4.32. The molecular weight excluding hydrogens is 152 g/mol. The third kappa shape index (κ3) is 7.32. The number of methoxy groups -OCH3 is 1. The van der Waals surface area contributed by atoms with Gasteiger partial charge in [0, 0.05) is 0 Å². The molecule has 0 fully saturated rings. The number of esters is 1. The maximum Gasteiger partial charge on any atom is 0.309 e. The van der Waals surface area contributed by atoms with Gasteiger partial charge in [-0.15, -0.1) is 0 Å². The van der Waals surface area contributed by atoms with Crippen molar-refractivity contribution in [1.29, 1.82) is 0 Å². The molecule has 0 spiro atoms. The van der Waals surface area contributed by atoms with E-state index < -0.39 is 0 Å². The van der Waals surface area contributed by atoms with Gasteiger partial charge in [-0.05, 0) is 12.8 Å². The predicted molar refractivity (Wildman–Crippen MR) is 49.6 cm³/mol. The van der Waals surface area contributed by atoms with Gasteiger partial charge in [-0.3, -0.25) is 4.79 Å². The van der Waals surface area contributed by atoms with Crippen LogP contribution in [-0.4, -0.2) is 13.1 Å². The molecule has 0 aliphatic carbocycles. The molecule has 0 atom stereocenters. The van der Waals surface area contributed by atoms with Crippen molar-refractivity contribution >= 4 is 5.97 Å². The molecule has 0 bridgehead atoms. The summed E-state index contributed by atoms with van der Waals surface area (Å²) in [5.74, 6) is -0.177. The quantitative estimate of drug-likeness (QED) is 0.347. The number of ether oxygens (including phenoxy) is 1. The summed E-state index contributed by atoms with van der Waals surface area (Å²) in [6, 6.07) is 0. The Kier molecular flexibility index (Phi) is 7.76. The highest BCUT2D eigenvalue weighted by molar-refractivity contribution is 5.70. The lowest BCUT2D eigenvalue weighted by atomic mass is 10.2. The fourth-order valence-electron chi connectivity index (χ4n) is 0.820. The summed E-state index contributed by atoms with van der Waals surface area (Å²) in [5.41, 5.74) is 0. The number of carbonyl (C=O) groups excluding carboxylic acids is 1. The summed E-state index contributed by atoms with van der Waals surface area (Å²) < 4.78 is 4.48. The lowest BCUT2D eigenvalue weighted by Gasteiger charge is -1.93. The van der Waals surface area contributed by atoms with Crippen LogP contribution < -0.4 is 0 Å². The van der Waals surface area contributed by atoms with Crippen LogP contribution in [0.3, 0.4) is 0 Å². The Hall–Kier alpha value is -0.790. The molecule has 0 heterocycles. The number of hydrogen-bond donors (Lipinski definition) is 0. The summed E-state index contributed by atoms with van der Waals surface area (Å²) in [4.78, 5) is 10.6. The van der Waals surface area contributed by atoms with Crippen LogP contribution >= 0.6 is 0 Å². The van der Waals surface area contributed by atoms with E-state index in [9.17, 15) is 4.79 Å². The highest BCUT2D eigenvalue weighted by Crippen LogP contribution is 1.99. The molecular formula is C10H17O2. The SMILES string of the molecule is [CH2]CCCC/C=C/CC(=O)OC. The van der Waals surface area contributed by atoms with Gasteiger partial charge >= 0.3 is 5.97 Å². The third-order valence-corrected chi connectivity index (χ3v) is 1.55. The molecule has 0 aliphatic rings. The maximum absolute atomic E-state index is 10.6. The second-order valence-electron chi connectivity index (χ2n) is 2.60. The van der Waals surface area contributed by atoms with Gasteiger partial charge in [0.1, 0.15) is 0 Å². The number of unbranched alkanes of at least 4 members (excludes halogenated alkanes) is 3. The molecule has 0 unspecified atom stereocenters. The van der Waals surface area contributed by atoms with E-state index >= 15 is 0 Å². The first-order valence-corrected chi connectivity index (χ1v) is 4.32. The molecule has 0 aliphatic heterocycles. The molecule has 2 nitrogen and oxygen atoms in total. The van der Waals surface area contributed by atoms with E-state index in [0.717, 1.165) is 25.7 Å². The molecule has 0 aromatic carbocycles. The van der Waals surface area contributed by atoms with Crippen LogP contribution in [0.2, 0.25) is 0 Å². The average Bonchev–Trinajstić information content (AvgIpc) is 2.10. The average molecular weight is 169 g/mol. The normalized spacial score (nSPS) is 10.5. The molecule has 0 amide bonds. The topological polar surface area (TPSA) is 26.3 Å². The summed E-state index contributed by atoms with van der Waals surface area (Å²) in [7, 11) is 1.40. The van der Waals surface area contributed by atoms with Gasteiger partial charge in [0.2, 0.25) is 0 Å². The van der Waals surface area contributed by atoms with E-state index in [1.165, 1.54) is 7.11 Å². The molecule has 0 aromatic rings. The van der Waals surface area contributed by atoms with Crippen molar-refractivity contribution in [2.24, 2.45) is 0 Å². The van der Waals surface area contributed by atoms with Crippen molar-refractivity contribution in [3.05, 3.63) is 19.1 Å². The largest absolute Gasteiger partial charge is 0.469 e. The number of rotatable bonds is 6. The molecule has 0 N–H and O–H groups in total. The van der Waals surface area contributed by atoms with Crippen LogP contribution in [0.5, 0.6) is 0 Å². The molecule has 69 valence electrons. The number of hydrogen-bond acceptors (Lipinski definition) is 2. The Labute approximate surface area is 74.6 Å². The highest BCUT2D eigenvalue weighted by atomic mass is 16.5. The number of allylic oxidation sites excluding steroid dienone is 1. The highest BCUT2D eigenvalue weighted by Gasteiger charge is 1.92. The zero-order valence-electron chi connectivity index (χ0n) is 7.71. The van der Waals surface area contributed by atoms with Crippen molar-refractivity contribution in [3.63, 3.8) is 0 Å². The van der Waals surface area contributed by atoms with Crippen molar-refractivity contribution < 1.29 is 9.53 Å². The van der Waals surface area contributed by atoms with E-state index in [-0.39, 0.29) is 5.97 Å². The van der Waals surface area contributed by atoms with Gasteiger partial charge in [0.25, 0.3) is 0 Å². The van der Waals surface area contributed by atoms with Crippen molar-refractivity contribution in [3.8, 4) is 0 Å². The minimum Gasteiger partial charge on any atom is -0.469 e. The van der Waals surface area contributed by atoms with Gasteiger partial charge in [-0.2, -0.15) is 0 Å². The molecule has 0 aromatic heterocycles. The summed E-state index contributed by atoms with van der Waals surface area (Å²) in [5, 5.41) is 0. The van der Waals surface area contributed by atoms with E-state index in [1.807, 2.05) is 12.2 Å². The van der Waals surface area contributed by atoms with Crippen molar-refractivity contribution in [2.75, 3.05) is 7.11 Å². The van der Waals surface area contributed by atoms with E-state index in [4.69, 9.17) is 0 Å². The maximum atomic E-state index is 10.6. The third-order valence-electron chi connectivity index (χ3n) is 1.55. The molecule has 0 saturated carbocycles. The van der Waals surface area contributed by atoms with E-state index in [2.05, 4.69) is 11.7 Å². The summed E-state index contributed by atoms with van der Waals surface area (Å²) >= 11 is 0. The Morgan fingerprint density at radius 1 is 1.42 bits per heavy atom. The fraction of sp³-hybridized carbons (Fsp3) is 0.600. The zero-order valence-corrected chi connectivity index (χ0v) is 7.71. The summed E-state index contributed by atoms with van der Waals surface area (Å²) in [6.07, 6.45) is 8.60. The molecule has 0 rings (SSSR count). The zero-order chi connectivity index (χ0) is 9.23. The smallest absolute Gasteiger partial charge is 0.309 e. The first kappa shape index (κ1) is 11.2. The van der Waals surface area contributed by atoms with Crippen LogP contribution in [-0.2, 0) is 9.53 Å². The van der Waals surface area contributed by atoms with Gasteiger partial charge in [0.05, 0.1) is 13.5 Å². The van der Waals surface area contributed by atoms with Crippen molar-refractivity contribution in [1.82, 2.24) is 0 Å². The van der Waals surface area contributed by atoms with Crippen LogP contribution in [0.1, 0.15) is 32.1 Å². The van der Waals surface area contributed by atoms with Crippen LogP contribution in [0.4, 0.5) is 0 Å². The molecule has 2 heteroatoms. The predicted octanol–water partition coefficient (Wildman–Crippen LogP) is 2.50. The Balaban J connectivity index is 3.19. The second-order valence-corrected chi connectivity index (χ2v) is 2.60. The standard InChI is InChI=1S/C10H17O2/c1-3-4-5-6-7-8-9-10(11)12-2/h7-8H,1,3-6,9H2,2H3/b8-7+. The Morgan fingerprint density at radius 3 is 2.75 bits per heavy atom. The minimum absolute atomic E-state index is 0.177. The Bertz CT molecular complexity index is 139. The van der Waals surface area contributed by atoms with E-state index in [1.54, 1.807) is 0 Å². The molecule has 12 heavy (non-hydrogen) atoms. The van der Waals surface area contributed by atoms with E-state index in [0.29, 0.717) is 6.42 Å². The van der Waals surface area contributed by atoms with Crippen LogP contribution in [0.15, 0.2) is 12.2 Å². The monoisotopic (exact) mass is 169 g/mol. The first-order chi connectivity index (χ1) is 5.81. The number of carbonyl (C=O) groups is 1. The van der Waals surface area contributed by atoms with Gasteiger partial charge < -0.3 is 4.74 Å². The second kappa shape index (κ2) is 8.31. The van der Waals surface area contributed by atoms with Crippen LogP contribution in [0, 0.1) is 6.92 Å². The summed E-state index contributed by atoms with van der Waals surface area (Å²) in [6.45, 7) is 3.75. The van der Waals surface area contributed by atoms with Gasteiger partial charge in [-0.25, -0.2) is 0 Å². The lowest BCUT2D eigenvalue weighted by molar-refractivity contribution is -0.139. The lowest BCUT2D eigenvalue weighted by Crippen LogP contribution is -1.96. The fourth-order valence-corrected chi connectivity index (χ4v) is 0.820. The minimum atomic E-state index is -0.177. The van der Waals surface area contributed by atoms with Crippen molar-refractivity contribution in [2.45, 2.75) is 32.1 Å². The Morgan fingerprint density at radius 2 is 2.17 bits per heavy atom. The van der Waals surface area contributed by atoms with Gasteiger partial charge in [0.15, 0.2) is 0 Å². The van der Waals surface area contributed by atoms with Crippen LogP contribution in [0.25, 0.3) is 0 Å². The van der Waals surface area contributed by atoms with Gasteiger partial charge in [-0.1, -0.05) is 31.9 Å². The molecule has 1 radical (unpaired) electrons. The molecule has 0 saturated heterocycles.